The van der Waals surface area contributed by atoms with E-state index in [1.165, 1.54) is 17.8 Å². The summed E-state index contributed by atoms with van der Waals surface area (Å²) in [5.41, 5.74) is 2.83. The van der Waals surface area contributed by atoms with E-state index < -0.39 is 0 Å². The van der Waals surface area contributed by atoms with Crippen LogP contribution in [0.15, 0.2) is 18.2 Å². The molecule has 1 nitrogen and oxygen atoms in total. The molecule has 12 heavy (non-hydrogen) atoms. The van der Waals surface area contributed by atoms with E-state index in [4.69, 9.17) is 11.6 Å². The average Bonchev–Trinajstić information content (AvgIpc) is 2.27. The van der Waals surface area contributed by atoms with E-state index in [9.17, 15) is 0 Å². The first-order valence-electron chi connectivity index (χ1n) is 4.21. The number of hydrogen-bond acceptors (Lipinski definition) is 0. The molecule has 0 radical (unpaired) electrons. The highest BCUT2D eigenvalue weighted by atomic mass is 35.5. The molecule has 0 saturated heterocycles. The second-order valence-corrected chi connectivity index (χ2v) is 4.37. The SMILES string of the molecule is C[N+]1(C)CCc2cc(Cl)ccc21. The predicted molar refractivity (Wildman–Crippen MR) is 53.7 cm³/mol. The van der Waals surface area contributed by atoms with Gasteiger partial charge in [0.25, 0.3) is 0 Å². The van der Waals surface area contributed by atoms with Crippen molar-refractivity contribution in [2.75, 3.05) is 20.6 Å². The fourth-order valence-electron chi connectivity index (χ4n) is 1.87. The van der Waals surface area contributed by atoms with Gasteiger partial charge in [0.15, 0.2) is 0 Å². The third-order valence-corrected chi connectivity index (χ3v) is 2.87. The van der Waals surface area contributed by atoms with E-state index in [-0.39, 0.29) is 0 Å². The maximum atomic E-state index is 5.91. The van der Waals surface area contributed by atoms with Crippen LogP contribution in [0.3, 0.4) is 0 Å². The summed E-state index contributed by atoms with van der Waals surface area (Å²) in [6.07, 6.45) is 1.16. The monoisotopic (exact) mass is 182 g/mol. The van der Waals surface area contributed by atoms with E-state index in [1.807, 2.05) is 6.07 Å². The van der Waals surface area contributed by atoms with Crippen LogP contribution in [0.1, 0.15) is 5.56 Å². The van der Waals surface area contributed by atoms with Crippen LogP contribution < -0.4 is 4.48 Å². The van der Waals surface area contributed by atoms with Crippen LogP contribution in [0.2, 0.25) is 5.02 Å². The van der Waals surface area contributed by atoms with Crippen LogP contribution in [0.5, 0.6) is 0 Å². The standard InChI is InChI=1S/C10H13ClN/c1-12(2)6-5-8-7-9(11)3-4-10(8)12/h3-4,7H,5-6H2,1-2H3/q+1. The summed E-state index contributed by atoms with van der Waals surface area (Å²) in [5, 5.41) is 0.857. The fraction of sp³-hybridized carbons (Fsp3) is 0.400. The lowest BCUT2D eigenvalue weighted by Gasteiger charge is -2.23. The van der Waals surface area contributed by atoms with Gasteiger partial charge in [0.05, 0.1) is 20.6 Å². The highest BCUT2D eigenvalue weighted by Crippen LogP contribution is 2.33. The molecule has 1 aromatic carbocycles. The summed E-state index contributed by atoms with van der Waals surface area (Å²) in [5.74, 6) is 0. The molecule has 1 heterocycles. The molecule has 1 aliphatic heterocycles. The summed E-state index contributed by atoms with van der Waals surface area (Å²) >= 11 is 5.91. The highest BCUT2D eigenvalue weighted by Gasteiger charge is 2.29. The minimum absolute atomic E-state index is 0.857. The second kappa shape index (κ2) is 2.48. The van der Waals surface area contributed by atoms with Crippen molar-refractivity contribution in [3.63, 3.8) is 0 Å². The van der Waals surface area contributed by atoms with Gasteiger partial charge >= 0.3 is 0 Å². The van der Waals surface area contributed by atoms with E-state index in [0.29, 0.717) is 0 Å². The Balaban J connectivity index is 2.55. The Hall–Kier alpha value is -0.530. The van der Waals surface area contributed by atoms with Gasteiger partial charge in [-0.25, -0.2) is 0 Å². The predicted octanol–water partition coefficient (Wildman–Crippen LogP) is 2.46. The van der Waals surface area contributed by atoms with Gasteiger partial charge in [-0.3, -0.25) is 4.48 Å². The van der Waals surface area contributed by atoms with Gasteiger partial charge in [-0.05, 0) is 12.1 Å². The molecule has 0 atom stereocenters. The molecule has 0 fully saturated rings. The third kappa shape index (κ3) is 1.13. The number of fused-ring (bicyclic) bond motifs is 1. The van der Waals surface area contributed by atoms with E-state index in [2.05, 4.69) is 26.2 Å². The third-order valence-electron chi connectivity index (χ3n) is 2.63. The molecule has 2 heteroatoms. The number of hydrogen-bond donors (Lipinski definition) is 0. The lowest BCUT2D eigenvalue weighted by molar-refractivity contribution is 0.433. The zero-order valence-electron chi connectivity index (χ0n) is 7.47. The lowest BCUT2D eigenvalue weighted by Crippen LogP contribution is -2.37. The van der Waals surface area contributed by atoms with Crippen LogP contribution in [0.25, 0.3) is 0 Å². The van der Waals surface area contributed by atoms with Gasteiger partial charge in [-0.1, -0.05) is 11.6 Å². The number of rotatable bonds is 0. The van der Waals surface area contributed by atoms with E-state index in [0.717, 1.165) is 15.9 Å². The molecule has 2 rings (SSSR count). The molecular weight excluding hydrogens is 170 g/mol. The molecule has 64 valence electrons. The van der Waals surface area contributed by atoms with Crippen molar-refractivity contribution in [1.82, 2.24) is 4.48 Å². The Kier molecular flexibility index (Phi) is 1.67. The Morgan fingerprint density at radius 1 is 1.33 bits per heavy atom. The lowest BCUT2D eigenvalue weighted by atomic mass is 10.2. The first kappa shape index (κ1) is 8.09. The van der Waals surface area contributed by atoms with Crippen molar-refractivity contribution in [3.8, 4) is 0 Å². The Bertz CT molecular complexity index is 318. The van der Waals surface area contributed by atoms with Gasteiger partial charge in [0.2, 0.25) is 0 Å². The van der Waals surface area contributed by atoms with Crippen molar-refractivity contribution < 1.29 is 0 Å². The summed E-state index contributed by atoms with van der Waals surface area (Å²) in [6.45, 7) is 1.19. The molecule has 1 aliphatic rings. The zero-order chi connectivity index (χ0) is 8.77. The number of benzene rings is 1. The largest absolute Gasteiger partial charge is 0.295 e. The highest BCUT2D eigenvalue weighted by molar-refractivity contribution is 6.30. The summed E-state index contributed by atoms with van der Waals surface area (Å²) in [7, 11) is 4.47. The normalized spacial score (nSPS) is 19.2. The first-order chi connectivity index (χ1) is 5.59. The Morgan fingerprint density at radius 3 is 2.83 bits per heavy atom. The summed E-state index contributed by atoms with van der Waals surface area (Å²) in [4.78, 5) is 0. The van der Waals surface area contributed by atoms with Crippen LogP contribution in [-0.2, 0) is 6.42 Å². The summed E-state index contributed by atoms with van der Waals surface area (Å²) in [6, 6.07) is 6.21. The molecule has 0 unspecified atom stereocenters. The molecule has 0 saturated carbocycles. The molecule has 0 aromatic heterocycles. The maximum Gasteiger partial charge on any atom is 0.135 e. The van der Waals surface area contributed by atoms with Gasteiger partial charge in [-0.2, -0.15) is 0 Å². The van der Waals surface area contributed by atoms with Crippen molar-refractivity contribution in [2.45, 2.75) is 6.42 Å². The molecule has 0 amide bonds. The molecule has 0 spiro atoms. The van der Waals surface area contributed by atoms with Crippen LogP contribution in [0.4, 0.5) is 5.69 Å². The fourth-order valence-corrected chi connectivity index (χ4v) is 2.06. The van der Waals surface area contributed by atoms with Crippen LogP contribution in [0, 0.1) is 0 Å². The van der Waals surface area contributed by atoms with Crippen molar-refractivity contribution in [3.05, 3.63) is 28.8 Å². The molecule has 0 bridgehead atoms. The van der Waals surface area contributed by atoms with Crippen LogP contribution in [-0.4, -0.2) is 20.6 Å². The summed E-state index contributed by atoms with van der Waals surface area (Å²) < 4.78 is 0.993. The average molecular weight is 183 g/mol. The second-order valence-electron chi connectivity index (χ2n) is 3.93. The molecular formula is C10H13ClN+. The van der Waals surface area contributed by atoms with Gasteiger partial charge < -0.3 is 0 Å². The zero-order valence-corrected chi connectivity index (χ0v) is 8.23. The van der Waals surface area contributed by atoms with Gasteiger partial charge in [-0.15, -0.1) is 0 Å². The van der Waals surface area contributed by atoms with E-state index in [1.54, 1.807) is 0 Å². The van der Waals surface area contributed by atoms with Gasteiger partial charge in [0, 0.05) is 23.1 Å². The number of nitrogens with zero attached hydrogens (tertiary/aromatic N) is 1. The van der Waals surface area contributed by atoms with Crippen LogP contribution >= 0.6 is 11.6 Å². The quantitative estimate of drug-likeness (QED) is 0.541. The molecule has 1 aromatic rings. The Morgan fingerprint density at radius 2 is 2.08 bits per heavy atom. The molecule has 0 aliphatic carbocycles. The van der Waals surface area contributed by atoms with Crippen molar-refractivity contribution >= 4 is 17.3 Å². The van der Waals surface area contributed by atoms with Crippen molar-refractivity contribution in [1.29, 1.82) is 0 Å². The van der Waals surface area contributed by atoms with E-state index >= 15 is 0 Å². The topological polar surface area (TPSA) is 0 Å². The maximum absolute atomic E-state index is 5.91. The number of likely N-dealkylation sites (N-methyl/N-ethyl adjacent to an activating group) is 1. The number of quaternary nitrogens is 1. The minimum atomic E-state index is 0.857. The smallest absolute Gasteiger partial charge is 0.135 e. The number of halogens is 1. The minimum Gasteiger partial charge on any atom is -0.295 e. The Labute approximate surface area is 78.2 Å². The first-order valence-corrected chi connectivity index (χ1v) is 4.59. The van der Waals surface area contributed by atoms with Crippen molar-refractivity contribution in [2.24, 2.45) is 0 Å². The molecule has 0 N–H and O–H groups in total. The van der Waals surface area contributed by atoms with Gasteiger partial charge in [0.1, 0.15) is 5.69 Å².